The Morgan fingerprint density at radius 1 is 0.962 bits per heavy atom. The smallest absolute Gasteiger partial charge is 0.0891 e. The topological polar surface area (TPSA) is 37.2 Å². The second-order valence-corrected chi connectivity index (χ2v) is 7.05. The van der Waals surface area contributed by atoms with Gasteiger partial charge in [-0.2, -0.15) is 0 Å². The van der Waals surface area contributed by atoms with Gasteiger partial charge in [-0.15, -0.1) is 0 Å². The summed E-state index contributed by atoms with van der Waals surface area (Å²) in [5, 5.41) is 17.0. The monoisotopic (exact) mass is 364 g/mol. The van der Waals surface area contributed by atoms with E-state index in [1.165, 1.54) is 10.8 Å². The molecule has 0 aliphatic rings. The first-order valence-electron chi connectivity index (χ1n) is 8.77. The van der Waals surface area contributed by atoms with Crippen molar-refractivity contribution in [3.8, 4) is 0 Å². The molecule has 0 saturated carbocycles. The summed E-state index contributed by atoms with van der Waals surface area (Å²) >= 11 is 6.17. The Balaban J connectivity index is 1.57. The molecule has 132 valence electrons. The Kier molecular flexibility index (Phi) is 4.58. The van der Waals surface area contributed by atoms with Gasteiger partial charge >= 0.3 is 0 Å². The third kappa shape index (κ3) is 3.16. The molecule has 0 spiro atoms. The van der Waals surface area contributed by atoms with Crippen LogP contribution >= 0.6 is 11.6 Å². The van der Waals surface area contributed by atoms with Gasteiger partial charge in [-0.25, -0.2) is 0 Å². The average molecular weight is 365 g/mol. The lowest BCUT2D eigenvalue weighted by Gasteiger charge is -2.16. The van der Waals surface area contributed by atoms with Gasteiger partial charge < -0.3 is 15.0 Å². The summed E-state index contributed by atoms with van der Waals surface area (Å²) < 4.78 is 2.19. The molecule has 3 aromatic carbocycles. The SMILES string of the molecule is Cc1ccc(NCC(O)Cn2c3ccccc3c3ccccc32)cc1Cl. The van der Waals surface area contributed by atoms with Gasteiger partial charge in [-0.05, 0) is 36.8 Å². The number of halogens is 1. The number of nitrogens with one attached hydrogen (secondary N) is 1. The minimum atomic E-state index is -0.519. The maximum Gasteiger partial charge on any atom is 0.0891 e. The number of rotatable bonds is 5. The standard InChI is InChI=1S/C22H21ClN2O/c1-15-10-11-16(12-20(15)23)24-13-17(26)14-25-21-8-4-2-6-18(21)19-7-3-5-9-22(19)25/h2-12,17,24,26H,13-14H2,1H3. The van der Waals surface area contributed by atoms with Crippen LogP contribution in [0.2, 0.25) is 5.02 Å². The molecule has 0 amide bonds. The van der Waals surface area contributed by atoms with Gasteiger partial charge in [0, 0.05) is 39.1 Å². The predicted octanol–water partition coefficient (Wildman–Crippen LogP) is 5.23. The maximum absolute atomic E-state index is 10.6. The predicted molar refractivity (Wildman–Crippen MR) is 110 cm³/mol. The van der Waals surface area contributed by atoms with Crippen LogP contribution in [0.15, 0.2) is 66.7 Å². The second-order valence-electron chi connectivity index (χ2n) is 6.64. The van der Waals surface area contributed by atoms with Gasteiger partial charge in [-0.3, -0.25) is 0 Å². The maximum atomic E-state index is 10.6. The number of hydrogen-bond acceptors (Lipinski definition) is 2. The van der Waals surface area contributed by atoms with Crippen LogP contribution in [0.1, 0.15) is 5.56 Å². The molecule has 1 unspecified atom stereocenters. The minimum Gasteiger partial charge on any atom is -0.389 e. The Labute approximate surface area is 157 Å². The summed E-state index contributed by atoms with van der Waals surface area (Å²) in [7, 11) is 0. The number of nitrogens with zero attached hydrogens (tertiary/aromatic N) is 1. The van der Waals surface area contributed by atoms with Crippen molar-refractivity contribution in [3.63, 3.8) is 0 Å². The van der Waals surface area contributed by atoms with E-state index in [-0.39, 0.29) is 0 Å². The highest BCUT2D eigenvalue weighted by atomic mass is 35.5. The first-order valence-corrected chi connectivity index (χ1v) is 9.15. The Bertz CT molecular complexity index is 1020. The fraction of sp³-hybridized carbons (Fsp3) is 0.182. The molecule has 3 nitrogen and oxygen atoms in total. The fourth-order valence-electron chi connectivity index (χ4n) is 3.41. The molecule has 26 heavy (non-hydrogen) atoms. The van der Waals surface area contributed by atoms with Crippen LogP contribution < -0.4 is 5.32 Å². The summed E-state index contributed by atoms with van der Waals surface area (Å²) in [6.07, 6.45) is -0.519. The Morgan fingerprint density at radius 2 is 1.58 bits per heavy atom. The fourth-order valence-corrected chi connectivity index (χ4v) is 3.59. The molecule has 0 radical (unpaired) electrons. The normalized spacial score (nSPS) is 12.6. The van der Waals surface area contributed by atoms with Crippen LogP contribution in [0.5, 0.6) is 0 Å². The second kappa shape index (κ2) is 7.02. The van der Waals surface area contributed by atoms with Crippen LogP contribution in [-0.2, 0) is 6.54 Å². The zero-order valence-corrected chi connectivity index (χ0v) is 15.4. The molecule has 1 heterocycles. The molecule has 0 fully saturated rings. The lowest BCUT2D eigenvalue weighted by atomic mass is 10.2. The number of hydrogen-bond donors (Lipinski definition) is 2. The highest BCUT2D eigenvalue weighted by Crippen LogP contribution is 2.29. The molecule has 2 N–H and O–H groups in total. The van der Waals surface area contributed by atoms with Gasteiger partial charge in [0.1, 0.15) is 0 Å². The molecule has 4 heteroatoms. The van der Waals surface area contributed by atoms with E-state index in [9.17, 15) is 5.11 Å². The van der Waals surface area contributed by atoms with Crippen LogP contribution in [0.4, 0.5) is 5.69 Å². The van der Waals surface area contributed by atoms with E-state index in [1.807, 2.05) is 37.3 Å². The van der Waals surface area contributed by atoms with E-state index in [0.29, 0.717) is 13.1 Å². The van der Waals surface area contributed by atoms with Gasteiger partial charge in [0.25, 0.3) is 0 Å². The Morgan fingerprint density at radius 3 is 2.19 bits per heavy atom. The first kappa shape index (κ1) is 17.0. The van der Waals surface area contributed by atoms with E-state index < -0.39 is 6.10 Å². The first-order chi connectivity index (χ1) is 12.6. The van der Waals surface area contributed by atoms with Crippen molar-refractivity contribution in [2.24, 2.45) is 0 Å². The van der Waals surface area contributed by atoms with Crippen molar-refractivity contribution >= 4 is 39.1 Å². The zero-order chi connectivity index (χ0) is 18.1. The lowest BCUT2D eigenvalue weighted by molar-refractivity contribution is 0.169. The van der Waals surface area contributed by atoms with Crippen molar-refractivity contribution < 1.29 is 5.11 Å². The van der Waals surface area contributed by atoms with Gasteiger partial charge in [0.15, 0.2) is 0 Å². The van der Waals surface area contributed by atoms with E-state index in [1.54, 1.807) is 0 Å². The van der Waals surface area contributed by atoms with Crippen LogP contribution in [-0.4, -0.2) is 22.3 Å². The number of aliphatic hydroxyl groups is 1. The number of aromatic nitrogens is 1. The molecule has 4 aromatic rings. The molecule has 0 bridgehead atoms. The summed E-state index contributed by atoms with van der Waals surface area (Å²) in [5.41, 5.74) is 4.25. The van der Waals surface area contributed by atoms with Crippen LogP contribution in [0.25, 0.3) is 21.8 Å². The van der Waals surface area contributed by atoms with E-state index in [2.05, 4.69) is 46.3 Å². The number of aliphatic hydroxyl groups excluding tert-OH is 1. The third-order valence-corrected chi connectivity index (χ3v) is 5.19. The van der Waals surface area contributed by atoms with Crippen molar-refractivity contribution in [2.45, 2.75) is 19.6 Å². The van der Waals surface area contributed by atoms with E-state index in [4.69, 9.17) is 11.6 Å². The molecule has 0 aliphatic heterocycles. The quantitative estimate of drug-likeness (QED) is 0.508. The number of benzene rings is 3. The number of para-hydroxylation sites is 2. The molecule has 0 saturated heterocycles. The number of anilines is 1. The van der Waals surface area contributed by atoms with Crippen molar-refractivity contribution in [1.82, 2.24) is 4.57 Å². The van der Waals surface area contributed by atoms with Crippen molar-refractivity contribution in [1.29, 1.82) is 0 Å². The highest BCUT2D eigenvalue weighted by molar-refractivity contribution is 6.31. The van der Waals surface area contributed by atoms with E-state index >= 15 is 0 Å². The molecular formula is C22H21ClN2O. The largest absolute Gasteiger partial charge is 0.389 e. The summed E-state index contributed by atoms with van der Waals surface area (Å²) in [5.74, 6) is 0. The van der Waals surface area contributed by atoms with Crippen LogP contribution in [0.3, 0.4) is 0 Å². The van der Waals surface area contributed by atoms with Gasteiger partial charge in [0.2, 0.25) is 0 Å². The summed E-state index contributed by atoms with van der Waals surface area (Å²) in [4.78, 5) is 0. The molecule has 4 rings (SSSR count). The van der Waals surface area contributed by atoms with Gasteiger partial charge in [-0.1, -0.05) is 54.1 Å². The summed E-state index contributed by atoms with van der Waals surface area (Å²) in [6, 6.07) is 22.5. The Hall–Kier alpha value is -2.49. The zero-order valence-electron chi connectivity index (χ0n) is 14.6. The molecule has 1 aromatic heterocycles. The molecule has 0 aliphatic carbocycles. The summed E-state index contributed by atoms with van der Waals surface area (Å²) in [6.45, 7) is 2.96. The lowest BCUT2D eigenvalue weighted by Crippen LogP contribution is -2.24. The van der Waals surface area contributed by atoms with Crippen LogP contribution in [0, 0.1) is 6.92 Å². The molecule has 1 atom stereocenters. The van der Waals surface area contributed by atoms with Crippen molar-refractivity contribution in [2.75, 3.05) is 11.9 Å². The minimum absolute atomic E-state index is 0.459. The third-order valence-electron chi connectivity index (χ3n) is 4.79. The number of aryl methyl sites for hydroxylation is 1. The number of fused-ring (bicyclic) bond motifs is 3. The molecular weight excluding hydrogens is 344 g/mol. The van der Waals surface area contributed by atoms with E-state index in [0.717, 1.165) is 27.3 Å². The van der Waals surface area contributed by atoms with Gasteiger partial charge in [0.05, 0.1) is 12.6 Å². The average Bonchev–Trinajstić information content (AvgIpc) is 2.97. The highest BCUT2D eigenvalue weighted by Gasteiger charge is 2.13. The van der Waals surface area contributed by atoms with Crippen molar-refractivity contribution in [3.05, 3.63) is 77.3 Å².